The van der Waals surface area contributed by atoms with Crippen molar-refractivity contribution in [3.8, 4) is 0 Å². The molecule has 29 heavy (non-hydrogen) atoms. The van der Waals surface area contributed by atoms with E-state index in [1.165, 1.54) is 12.1 Å². The normalized spacial score (nSPS) is 14.8. The summed E-state index contributed by atoms with van der Waals surface area (Å²) < 4.78 is 43.6. The van der Waals surface area contributed by atoms with Crippen LogP contribution in [0.2, 0.25) is 0 Å². The van der Waals surface area contributed by atoms with E-state index in [2.05, 4.69) is 0 Å². The van der Waals surface area contributed by atoms with Crippen LogP contribution in [-0.2, 0) is 25.3 Å². The number of aryl methyl sites for hydroxylation is 1. The molecule has 7 heteroatoms. The van der Waals surface area contributed by atoms with Crippen molar-refractivity contribution in [2.75, 3.05) is 5.49 Å². The molecule has 0 aliphatic heterocycles. The summed E-state index contributed by atoms with van der Waals surface area (Å²) in [7, 11) is -8.41. The second kappa shape index (κ2) is 9.06. The van der Waals surface area contributed by atoms with Crippen LogP contribution >= 0.6 is 7.60 Å². The van der Waals surface area contributed by atoms with E-state index >= 15 is 0 Å². The van der Waals surface area contributed by atoms with Gasteiger partial charge in [0, 0.05) is 6.42 Å². The maximum absolute atomic E-state index is 12.8. The SMILES string of the molecule is Cc1ccc(S(=O)(=O)CP(=O)(O)OC(Cc2ccccc2)c2ccccc2)cc1. The van der Waals surface area contributed by atoms with Crippen molar-refractivity contribution in [1.82, 2.24) is 0 Å². The Kier molecular flexibility index (Phi) is 6.70. The van der Waals surface area contributed by atoms with Gasteiger partial charge < -0.3 is 4.89 Å². The van der Waals surface area contributed by atoms with Gasteiger partial charge in [0.15, 0.2) is 15.3 Å². The van der Waals surface area contributed by atoms with Gasteiger partial charge >= 0.3 is 7.60 Å². The predicted octanol–water partition coefficient (Wildman–Crippen LogP) is 4.91. The molecule has 3 aromatic rings. The van der Waals surface area contributed by atoms with E-state index < -0.39 is 29.0 Å². The molecule has 0 saturated carbocycles. The van der Waals surface area contributed by atoms with E-state index in [4.69, 9.17) is 4.52 Å². The van der Waals surface area contributed by atoms with Gasteiger partial charge in [-0.2, -0.15) is 0 Å². The van der Waals surface area contributed by atoms with Gasteiger partial charge in [-0.05, 0) is 30.2 Å². The summed E-state index contributed by atoms with van der Waals surface area (Å²) in [6.45, 7) is 1.84. The van der Waals surface area contributed by atoms with Crippen molar-refractivity contribution >= 4 is 17.4 Å². The highest BCUT2D eigenvalue weighted by Gasteiger charge is 2.33. The third-order valence-corrected chi connectivity index (χ3v) is 8.68. The molecule has 0 radical (unpaired) electrons. The number of hydrogen-bond acceptors (Lipinski definition) is 4. The van der Waals surface area contributed by atoms with Crippen LogP contribution in [0.4, 0.5) is 0 Å². The lowest BCUT2D eigenvalue weighted by molar-refractivity contribution is 0.178. The van der Waals surface area contributed by atoms with Gasteiger partial charge in [0.1, 0.15) is 0 Å². The fraction of sp³-hybridized carbons (Fsp3) is 0.182. The van der Waals surface area contributed by atoms with E-state index in [1.807, 2.05) is 55.5 Å². The Balaban J connectivity index is 1.83. The van der Waals surface area contributed by atoms with Crippen LogP contribution in [0.3, 0.4) is 0 Å². The van der Waals surface area contributed by atoms with Crippen LogP contribution in [-0.4, -0.2) is 18.8 Å². The van der Waals surface area contributed by atoms with Crippen LogP contribution in [0.15, 0.2) is 89.8 Å². The summed E-state index contributed by atoms with van der Waals surface area (Å²) in [6.07, 6.45) is -0.400. The van der Waals surface area contributed by atoms with Gasteiger partial charge in [0.25, 0.3) is 0 Å². The van der Waals surface area contributed by atoms with E-state index in [9.17, 15) is 17.9 Å². The quantitative estimate of drug-likeness (QED) is 0.514. The average Bonchev–Trinajstić information content (AvgIpc) is 2.68. The van der Waals surface area contributed by atoms with Gasteiger partial charge in [-0.15, -0.1) is 0 Å². The molecule has 0 aliphatic rings. The smallest absolute Gasteiger partial charge is 0.324 e. The fourth-order valence-electron chi connectivity index (χ4n) is 2.98. The Hall–Kier alpha value is -2.24. The molecule has 1 N–H and O–H groups in total. The highest BCUT2D eigenvalue weighted by molar-refractivity contribution is 7.97. The van der Waals surface area contributed by atoms with Crippen LogP contribution in [0.1, 0.15) is 22.8 Å². The standard InChI is InChI=1S/C22H23O5PS/c1-18-12-14-21(15-13-18)29(25,26)17-28(23,24)27-22(20-10-6-3-7-11-20)16-19-8-4-2-5-9-19/h2-15,22H,16-17H2,1H3,(H,23,24). The number of hydrogen-bond donors (Lipinski definition) is 1. The molecule has 3 rings (SSSR count). The summed E-state index contributed by atoms with van der Waals surface area (Å²) in [5, 5.41) is 0. The summed E-state index contributed by atoms with van der Waals surface area (Å²) in [4.78, 5) is 10.4. The van der Waals surface area contributed by atoms with Gasteiger partial charge in [0.2, 0.25) is 0 Å². The predicted molar refractivity (Wildman–Crippen MR) is 113 cm³/mol. The van der Waals surface area contributed by atoms with Gasteiger partial charge in [0.05, 0.1) is 11.0 Å². The van der Waals surface area contributed by atoms with Crippen LogP contribution in [0, 0.1) is 6.92 Å². The topological polar surface area (TPSA) is 80.7 Å². The largest absolute Gasteiger partial charge is 0.344 e. The third-order valence-electron chi connectivity index (χ3n) is 4.44. The van der Waals surface area contributed by atoms with E-state index in [-0.39, 0.29) is 4.90 Å². The first-order chi connectivity index (χ1) is 13.8. The van der Waals surface area contributed by atoms with E-state index in [0.717, 1.165) is 11.1 Å². The zero-order valence-corrected chi connectivity index (χ0v) is 17.7. The summed E-state index contributed by atoms with van der Waals surface area (Å²) in [5.74, 6) is 0. The monoisotopic (exact) mass is 430 g/mol. The van der Waals surface area contributed by atoms with Crippen molar-refractivity contribution in [3.05, 3.63) is 102 Å². The minimum Gasteiger partial charge on any atom is -0.324 e. The molecule has 0 bridgehead atoms. The Bertz CT molecular complexity index is 1080. The Morgan fingerprint density at radius 1 is 0.897 bits per heavy atom. The van der Waals surface area contributed by atoms with Crippen molar-refractivity contribution in [3.63, 3.8) is 0 Å². The third kappa shape index (κ3) is 6.12. The van der Waals surface area contributed by atoms with Crippen molar-refractivity contribution in [1.29, 1.82) is 0 Å². The molecule has 0 aliphatic carbocycles. The lowest BCUT2D eigenvalue weighted by Crippen LogP contribution is -2.13. The molecule has 2 atom stereocenters. The number of sulfone groups is 1. The van der Waals surface area contributed by atoms with Crippen LogP contribution in [0.5, 0.6) is 0 Å². The zero-order valence-electron chi connectivity index (χ0n) is 16.0. The maximum atomic E-state index is 12.8. The lowest BCUT2D eigenvalue weighted by Gasteiger charge is -2.22. The Morgan fingerprint density at radius 2 is 1.45 bits per heavy atom. The number of rotatable bonds is 8. The molecule has 0 amide bonds. The highest BCUT2D eigenvalue weighted by Crippen LogP contribution is 2.49. The first-order valence-corrected chi connectivity index (χ1v) is 12.6. The minimum atomic E-state index is -4.44. The van der Waals surface area contributed by atoms with E-state index in [0.29, 0.717) is 12.0 Å². The molecular formula is C22H23O5PS. The van der Waals surface area contributed by atoms with Crippen LogP contribution in [0.25, 0.3) is 0 Å². The van der Waals surface area contributed by atoms with Gasteiger partial charge in [-0.1, -0.05) is 78.4 Å². The molecule has 5 nitrogen and oxygen atoms in total. The maximum Gasteiger partial charge on any atom is 0.344 e. The molecule has 0 spiro atoms. The summed E-state index contributed by atoms with van der Waals surface area (Å²) >= 11 is 0. The van der Waals surface area contributed by atoms with Crippen molar-refractivity contribution < 1.29 is 22.4 Å². The Labute approximate surface area is 171 Å². The summed E-state index contributed by atoms with van der Waals surface area (Å²) in [5.41, 5.74) is 1.56. The zero-order chi connectivity index (χ0) is 20.9. The first kappa shape index (κ1) is 21.5. The van der Waals surface area contributed by atoms with Gasteiger partial charge in [-0.3, -0.25) is 9.09 Å². The van der Waals surface area contributed by atoms with E-state index in [1.54, 1.807) is 24.3 Å². The number of benzene rings is 3. The molecule has 0 saturated heterocycles. The highest BCUT2D eigenvalue weighted by atomic mass is 32.2. The minimum absolute atomic E-state index is 0.000274. The summed E-state index contributed by atoms with van der Waals surface area (Å²) in [6, 6.07) is 24.6. The van der Waals surface area contributed by atoms with Gasteiger partial charge in [-0.25, -0.2) is 8.42 Å². The molecule has 152 valence electrons. The molecule has 0 aromatic heterocycles. The molecular weight excluding hydrogens is 407 g/mol. The Morgan fingerprint density at radius 3 is 2.03 bits per heavy atom. The molecule has 0 fully saturated rings. The first-order valence-electron chi connectivity index (χ1n) is 9.14. The fourth-order valence-corrected chi connectivity index (χ4v) is 6.68. The van der Waals surface area contributed by atoms with Crippen molar-refractivity contribution in [2.24, 2.45) is 0 Å². The van der Waals surface area contributed by atoms with Crippen LogP contribution < -0.4 is 0 Å². The lowest BCUT2D eigenvalue weighted by atomic mass is 10.0. The average molecular weight is 430 g/mol. The second-order valence-corrected chi connectivity index (χ2v) is 11.1. The molecule has 3 aromatic carbocycles. The molecule has 2 unspecified atom stereocenters. The molecule has 0 heterocycles. The van der Waals surface area contributed by atoms with Crippen molar-refractivity contribution in [2.45, 2.75) is 24.3 Å². The second-order valence-electron chi connectivity index (χ2n) is 6.89.